The van der Waals surface area contributed by atoms with Gasteiger partial charge in [-0.15, -0.1) is 0 Å². The molecule has 4 heteroatoms. The number of benzene rings is 1. The third kappa shape index (κ3) is 4.51. The molecule has 1 aromatic carbocycles. The van der Waals surface area contributed by atoms with E-state index in [-0.39, 0.29) is 0 Å². The summed E-state index contributed by atoms with van der Waals surface area (Å²) in [7, 11) is 0. The molecule has 0 aliphatic carbocycles. The maximum atomic E-state index is 5.96. The summed E-state index contributed by atoms with van der Waals surface area (Å²) < 4.78 is 5.80. The van der Waals surface area contributed by atoms with Crippen LogP contribution in [0.3, 0.4) is 0 Å². The second-order valence-electron chi connectivity index (χ2n) is 4.56. The molecule has 0 bridgehead atoms. The molecule has 106 valence electrons. The summed E-state index contributed by atoms with van der Waals surface area (Å²) in [5.74, 6) is 0.677. The molecule has 0 atom stereocenters. The molecule has 20 heavy (non-hydrogen) atoms. The molecule has 0 amide bonds. The van der Waals surface area contributed by atoms with Crippen LogP contribution in [0.1, 0.15) is 24.5 Å². The standard InChI is InChI=1S/C16H19ClN2O/c1-2-8-18-11-14-6-4-9-19-16(14)20-12-13-5-3-7-15(17)10-13/h3-7,9-10,18H,2,8,11-12H2,1H3. The van der Waals surface area contributed by atoms with Crippen molar-refractivity contribution in [3.63, 3.8) is 0 Å². The summed E-state index contributed by atoms with van der Waals surface area (Å²) in [6.07, 6.45) is 2.86. The van der Waals surface area contributed by atoms with Crippen LogP contribution >= 0.6 is 11.6 Å². The van der Waals surface area contributed by atoms with Gasteiger partial charge in [0, 0.05) is 23.3 Å². The van der Waals surface area contributed by atoms with Crippen molar-refractivity contribution in [3.8, 4) is 5.88 Å². The van der Waals surface area contributed by atoms with Crippen LogP contribution in [0.5, 0.6) is 5.88 Å². The topological polar surface area (TPSA) is 34.2 Å². The fourth-order valence-corrected chi connectivity index (χ4v) is 2.08. The fraction of sp³-hybridized carbons (Fsp3) is 0.312. The molecule has 1 heterocycles. The largest absolute Gasteiger partial charge is 0.473 e. The van der Waals surface area contributed by atoms with Crippen molar-refractivity contribution >= 4 is 11.6 Å². The lowest BCUT2D eigenvalue weighted by Crippen LogP contribution is -2.15. The predicted octanol–water partition coefficient (Wildman–Crippen LogP) is 3.81. The lowest BCUT2D eigenvalue weighted by Gasteiger charge is -2.11. The number of aromatic nitrogens is 1. The molecule has 0 fully saturated rings. The van der Waals surface area contributed by atoms with Gasteiger partial charge in [-0.05, 0) is 36.7 Å². The zero-order chi connectivity index (χ0) is 14.2. The zero-order valence-corrected chi connectivity index (χ0v) is 12.4. The van der Waals surface area contributed by atoms with Gasteiger partial charge in [-0.2, -0.15) is 0 Å². The van der Waals surface area contributed by atoms with Gasteiger partial charge in [0.15, 0.2) is 0 Å². The molecule has 0 aliphatic heterocycles. The van der Waals surface area contributed by atoms with Gasteiger partial charge in [-0.3, -0.25) is 0 Å². The molecular formula is C16H19ClN2O. The van der Waals surface area contributed by atoms with Gasteiger partial charge in [-0.25, -0.2) is 4.98 Å². The van der Waals surface area contributed by atoms with E-state index < -0.39 is 0 Å². The minimum atomic E-state index is 0.471. The smallest absolute Gasteiger partial charge is 0.218 e. The first-order valence-electron chi connectivity index (χ1n) is 6.81. The SMILES string of the molecule is CCCNCc1cccnc1OCc1cccc(Cl)c1. The number of rotatable bonds is 7. The third-order valence-electron chi connectivity index (χ3n) is 2.86. The summed E-state index contributed by atoms with van der Waals surface area (Å²) in [4.78, 5) is 4.30. The van der Waals surface area contributed by atoms with E-state index in [1.807, 2.05) is 36.4 Å². The summed E-state index contributed by atoms with van der Waals surface area (Å²) in [5, 5.41) is 4.08. The number of halogens is 1. The molecule has 0 saturated heterocycles. The number of hydrogen-bond acceptors (Lipinski definition) is 3. The van der Waals surface area contributed by atoms with Crippen LogP contribution in [0.4, 0.5) is 0 Å². The summed E-state index contributed by atoms with van der Waals surface area (Å²) in [6, 6.07) is 11.6. The number of hydrogen-bond donors (Lipinski definition) is 1. The Bertz CT molecular complexity index is 546. The van der Waals surface area contributed by atoms with Crippen molar-refractivity contribution in [2.24, 2.45) is 0 Å². The predicted molar refractivity (Wildman–Crippen MR) is 82.0 cm³/mol. The molecule has 0 saturated carbocycles. The van der Waals surface area contributed by atoms with Gasteiger partial charge >= 0.3 is 0 Å². The van der Waals surface area contributed by atoms with E-state index in [1.54, 1.807) is 6.20 Å². The number of pyridine rings is 1. The van der Waals surface area contributed by atoms with Gasteiger partial charge in [0.05, 0.1) is 0 Å². The monoisotopic (exact) mass is 290 g/mol. The highest BCUT2D eigenvalue weighted by atomic mass is 35.5. The molecule has 0 unspecified atom stereocenters. The van der Waals surface area contributed by atoms with Gasteiger partial charge in [0.1, 0.15) is 6.61 Å². The van der Waals surface area contributed by atoms with E-state index >= 15 is 0 Å². The second-order valence-corrected chi connectivity index (χ2v) is 5.00. The molecule has 3 nitrogen and oxygen atoms in total. The minimum Gasteiger partial charge on any atom is -0.473 e. The van der Waals surface area contributed by atoms with E-state index in [2.05, 4.69) is 17.2 Å². The van der Waals surface area contributed by atoms with Crippen molar-refractivity contribution in [2.45, 2.75) is 26.5 Å². The molecular weight excluding hydrogens is 272 g/mol. The van der Waals surface area contributed by atoms with Crippen molar-refractivity contribution in [3.05, 3.63) is 58.7 Å². The average molecular weight is 291 g/mol. The maximum Gasteiger partial charge on any atom is 0.218 e. The lowest BCUT2D eigenvalue weighted by molar-refractivity contribution is 0.289. The van der Waals surface area contributed by atoms with Crippen molar-refractivity contribution < 1.29 is 4.74 Å². The van der Waals surface area contributed by atoms with Crippen molar-refractivity contribution in [1.29, 1.82) is 0 Å². The molecule has 2 aromatic rings. The number of nitrogens with zero attached hydrogens (tertiary/aromatic N) is 1. The Hall–Kier alpha value is -1.58. The van der Waals surface area contributed by atoms with Gasteiger partial charge < -0.3 is 10.1 Å². The fourth-order valence-electron chi connectivity index (χ4n) is 1.87. The van der Waals surface area contributed by atoms with Crippen LogP contribution in [-0.2, 0) is 13.2 Å². The highest BCUT2D eigenvalue weighted by Crippen LogP contribution is 2.17. The Kier molecular flexibility index (Phi) is 5.84. The Balaban J connectivity index is 1.98. The van der Waals surface area contributed by atoms with Gasteiger partial charge in [0.2, 0.25) is 5.88 Å². The highest BCUT2D eigenvalue weighted by molar-refractivity contribution is 6.30. The van der Waals surface area contributed by atoms with E-state index in [0.29, 0.717) is 12.5 Å². The summed E-state index contributed by atoms with van der Waals surface area (Å²) in [6.45, 7) is 4.38. The maximum absolute atomic E-state index is 5.96. The molecule has 1 aromatic heterocycles. The van der Waals surface area contributed by atoms with Crippen LogP contribution < -0.4 is 10.1 Å². The first-order valence-corrected chi connectivity index (χ1v) is 7.19. The van der Waals surface area contributed by atoms with E-state index in [0.717, 1.165) is 35.7 Å². The Labute approximate surface area is 124 Å². The van der Waals surface area contributed by atoms with Gasteiger partial charge in [0.25, 0.3) is 0 Å². The summed E-state index contributed by atoms with van der Waals surface area (Å²) >= 11 is 5.96. The summed E-state index contributed by atoms with van der Waals surface area (Å²) in [5.41, 5.74) is 2.11. The van der Waals surface area contributed by atoms with Crippen LogP contribution in [0, 0.1) is 0 Å². The Morgan fingerprint density at radius 2 is 2.15 bits per heavy atom. The molecule has 1 N–H and O–H groups in total. The highest BCUT2D eigenvalue weighted by Gasteiger charge is 2.04. The van der Waals surface area contributed by atoms with Crippen molar-refractivity contribution in [1.82, 2.24) is 10.3 Å². The third-order valence-corrected chi connectivity index (χ3v) is 3.09. The second kappa shape index (κ2) is 7.88. The quantitative estimate of drug-likeness (QED) is 0.787. The zero-order valence-electron chi connectivity index (χ0n) is 11.6. The van der Waals surface area contributed by atoms with Crippen LogP contribution in [0.2, 0.25) is 5.02 Å². The first kappa shape index (κ1) is 14.8. The van der Waals surface area contributed by atoms with Crippen LogP contribution in [0.15, 0.2) is 42.6 Å². The molecule has 0 spiro atoms. The Morgan fingerprint density at radius 3 is 2.95 bits per heavy atom. The van der Waals surface area contributed by atoms with Crippen molar-refractivity contribution in [2.75, 3.05) is 6.54 Å². The van der Waals surface area contributed by atoms with Crippen LogP contribution in [0.25, 0.3) is 0 Å². The molecule has 0 aliphatic rings. The minimum absolute atomic E-state index is 0.471. The van der Waals surface area contributed by atoms with Crippen LogP contribution in [-0.4, -0.2) is 11.5 Å². The first-order chi connectivity index (χ1) is 9.79. The molecule has 0 radical (unpaired) electrons. The number of nitrogens with one attached hydrogen (secondary N) is 1. The Morgan fingerprint density at radius 1 is 1.25 bits per heavy atom. The molecule has 2 rings (SSSR count). The van der Waals surface area contributed by atoms with E-state index in [9.17, 15) is 0 Å². The lowest BCUT2D eigenvalue weighted by atomic mass is 10.2. The van der Waals surface area contributed by atoms with E-state index in [4.69, 9.17) is 16.3 Å². The number of ether oxygens (including phenoxy) is 1. The normalized spacial score (nSPS) is 10.5. The van der Waals surface area contributed by atoms with Gasteiger partial charge in [-0.1, -0.05) is 36.7 Å². The average Bonchev–Trinajstić information content (AvgIpc) is 2.47. The van der Waals surface area contributed by atoms with E-state index in [1.165, 1.54) is 0 Å².